The number of alkyl carbamates (subject to hydrolysis) is 1. The fraction of sp³-hybridized carbons (Fsp3) is 0.583. The molecular weight excluding hydrogens is 426 g/mol. The van der Waals surface area contributed by atoms with Crippen LogP contribution in [0.15, 0.2) is 29.6 Å². The van der Waals surface area contributed by atoms with Gasteiger partial charge < -0.3 is 25.2 Å². The first-order valence-corrected chi connectivity index (χ1v) is 11.9. The maximum absolute atomic E-state index is 12.3. The number of amides is 1. The molecule has 0 bridgehead atoms. The van der Waals surface area contributed by atoms with Gasteiger partial charge in [-0.3, -0.25) is 0 Å². The zero-order valence-electron chi connectivity index (χ0n) is 20.0. The molecule has 0 fully saturated rings. The van der Waals surface area contributed by atoms with Crippen LogP contribution in [-0.4, -0.2) is 47.0 Å². The van der Waals surface area contributed by atoms with E-state index in [1.54, 1.807) is 11.3 Å². The summed E-state index contributed by atoms with van der Waals surface area (Å²) >= 11 is 1.60. The monoisotopic (exact) mass is 463 g/mol. The fourth-order valence-electron chi connectivity index (χ4n) is 3.01. The van der Waals surface area contributed by atoms with Gasteiger partial charge in [-0.15, -0.1) is 11.3 Å². The summed E-state index contributed by atoms with van der Waals surface area (Å²) in [5.41, 5.74) is 1.28. The van der Waals surface area contributed by atoms with Gasteiger partial charge in [-0.2, -0.15) is 0 Å². The molecule has 1 heterocycles. The number of nitrogens with one attached hydrogen (secondary N) is 2. The van der Waals surface area contributed by atoms with Crippen molar-refractivity contribution in [3.63, 3.8) is 0 Å². The summed E-state index contributed by atoms with van der Waals surface area (Å²) in [5, 5.41) is 19.8. The highest BCUT2D eigenvalue weighted by molar-refractivity contribution is 7.09. The molecule has 0 spiro atoms. The summed E-state index contributed by atoms with van der Waals surface area (Å²) in [6.07, 6.45) is -0.830. The molecule has 0 saturated heterocycles. The molecule has 32 heavy (non-hydrogen) atoms. The van der Waals surface area contributed by atoms with Crippen LogP contribution in [0.3, 0.4) is 0 Å². The summed E-state index contributed by atoms with van der Waals surface area (Å²) in [6.45, 7) is 13.2. The highest BCUT2D eigenvalue weighted by atomic mass is 32.1. The number of ether oxygens (including phenoxy) is 2. The van der Waals surface area contributed by atoms with Crippen molar-refractivity contribution in [2.45, 2.75) is 72.3 Å². The molecule has 7 nitrogen and oxygen atoms in total. The molecule has 0 radical (unpaired) electrons. The fourth-order valence-corrected chi connectivity index (χ4v) is 3.61. The van der Waals surface area contributed by atoms with E-state index in [2.05, 4.69) is 29.5 Å². The number of hydrogen-bond acceptors (Lipinski definition) is 7. The highest BCUT2D eigenvalue weighted by Crippen LogP contribution is 2.17. The standard InChI is InChI=1S/C24H37N3O4S/c1-16(2)12-25-13-22(28)21(27-23(29)31-24(4,5)6)11-18-7-9-20(10-8-18)30-14-19-15-32-17(3)26-19/h7-10,15-16,21-22,25,28H,11-14H2,1-6H3,(H,27,29). The van der Waals surface area contributed by atoms with Crippen LogP contribution in [-0.2, 0) is 17.8 Å². The molecule has 2 rings (SSSR count). The van der Waals surface area contributed by atoms with Crippen molar-refractivity contribution in [3.8, 4) is 5.75 Å². The van der Waals surface area contributed by atoms with Crippen molar-refractivity contribution in [1.29, 1.82) is 0 Å². The molecule has 0 aliphatic heterocycles. The summed E-state index contributed by atoms with van der Waals surface area (Å²) in [6, 6.07) is 7.18. The van der Waals surface area contributed by atoms with Gasteiger partial charge in [0.05, 0.1) is 22.8 Å². The van der Waals surface area contributed by atoms with Gasteiger partial charge in [0.2, 0.25) is 0 Å². The Morgan fingerprint density at radius 1 is 1.19 bits per heavy atom. The van der Waals surface area contributed by atoms with Crippen molar-refractivity contribution in [2.24, 2.45) is 5.92 Å². The van der Waals surface area contributed by atoms with E-state index in [4.69, 9.17) is 9.47 Å². The van der Waals surface area contributed by atoms with Gasteiger partial charge in [0.25, 0.3) is 0 Å². The number of aromatic nitrogens is 1. The lowest BCUT2D eigenvalue weighted by Gasteiger charge is -2.27. The maximum Gasteiger partial charge on any atom is 0.407 e. The van der Waals surface area contributed by atoms with Gasteiger partial charge in [0.1, 0.15) is 18.0 Å². The lowest BCUT2D eigenvalue weighted by Crippen LogP contribution is -2.50. The summed E-state index contributed by atoms with van der Waals surface area (Å²) in [7, 11) is 0. The average Bonchev–Trinajstić information content (AvgIpc) is 3.10. The quantitative estimate of drug-likeness (QED) is 0.465. The summed E-state index contributed by atoms with van der Waals surface area (Å²) < 4.78 is 11.2. The van der Waals surface area contributed by atoms with Gasteiger partial charge in [-0.1, -0.05) is 26.0 Å². The van der Waals surface area contributed by atoms with E-state index in [9.17, 15) is 9.90 Å². The Kier molecular flexibility index (Phi) is 9.93. The molecule has 2 atom stereocenters. The Morgan fingerprint density at radius 2 is 1.88 bits per heavy atom. The van der Waals surface area contributed by atoms with Gasteiger partial charge in [-0.05, 0) is 64.3 Å². The third-order valence-corrected chi connectivity index (χ3v) is 5.33. The third kappa shape index (κ3) is 9.97. The first kappa shape index (κ1) is 26.1. The zero-order chi connectivity index (χ0) is 23.7. The average molecular weight is 464 g/mol. The van der Waals surface area contributed by atoms with Gasteiger partial charge in [-0.25, -0.2) is 9.78 Å². The van der Waals surface area contributed by atoms with E-state index in [0.717, 1.165) is 28.6 Å². The highest BCUT2D eigenvalue weighted by Gasteiger charge is 2.25. The molecule has 0 saturated carbocycles. The largest absolute Gasteiger partial charge is 0.487 e. The molecule has 3 N–H and O–H groups in total. The number of aliphatic hydroxyl groups excluding tert-OH is 1. The molecule has 1 aromatic heterocycles. The number of thiazole rings is 1. The van der Waals surface area contributed by atoms with E-state index >= 15 is 0 Å². The van der Waals surface area contributed by atoms with Crippen LogP contribution < -0.4 is 15.4 Å². The first-order valence-electron chi connectivity index (χ1n) is 11.0. The molecule has 178 valence electrons. The van der Waals surface area contributed by atoms with E-state index < -0.39 is 23.8 Å². The van der Waals surface area contributed by atoms with Crippen molar-refractivity contribution in [1.82, 2.24) is 15.6 Å². The van der Waals surface area contributed by atoms with Crippen LogP contribution in [0, 0.1) is 12.8 Å². The molecule has 2 aromatic rings. The minimum atomic E-state index is -0.759. The van der Waals surface area contributed by atoms with Crippen LogP contribution >= 0.6 is 11.3 Å². The van der Waals surface area contributed by atoms with Crippen molar-refractivity contribution in [3.05, 3.63) is 45.9 Å². The topological polar surface area (TPSA) is 92.7 Å². The van der Waals surface area contributed by atoms with Crippen molar-refractivity contribution in [2.75, 3.05) is 13.1 Å². The molecule has 8 heteroatoms. The van der Waals surface area contributed by atoms with E-state index in [1.807, 2.05) is 57.3 Å². The number of hydrogen-bond donors (Lipinski definition) is 3. The number of carbonyl (C=O) groups excluding carboxylic acids is 1. The Balaban J connectivity index is 1.98. The predicted molar refractivity (Wildman–Crippen MR) is 128 cm³/mol. The number of nitrogens with zero attached hydrogens (tertiary/aromatic N) is 1. The molecule has 0 aliphatic rings. The normalized spacial score (nSPS) is 13.6. The first-order chi connectivity index (χ1) is 15.0. The number of aryl methyl sites for hydroxylation is 1. The van der Waals surface area contributed by atoms with E-state index in [0.29, 0.717) is 25.5 Å². The summed E-state index contributed by atoms with van der Waals surface area (Å²) in [4.78, 5) is 16.7. The second-order valence-corrected chi connectivity index (χ2v) is 10.4. The maximum atomic E-state index is 12.3. The number of benzene rings is 1. The Hall–Kier alpha value is -2.16. The van der Waals surface area contributed by atoms with Crippen LogP contribution in [0.4, 0.5) is 4.79 Å². The van der Waals surface area contributed by atoms with Crippen LogP contribution in [0.25, 0.3) is 0 Å². The lowest BCUT2D eigenvalue weighted by atomic mass is 10.0. The molecule has 2 unspecified atom stereocenters. The molecule has 0 aliphatic carbocycles. The Labute approximate surface area is 195 Å². The van der Waals surface area contributed by atoms with Crippen LogP contribution in [0.2, 0.25) is 0 Å². The zero-order valence-corrected chi connectivity index (χ0v) is 20.8. The predicted octanol–water partition coefficient (Wildman–Crippen LogP) is 4.07. The third-order valence-electron chi connectivity index (χ3n) is 4.50. The van der Waals surface area contributed by atoms with Crippen LogP contribution in [0.5, 0.6) is 5.75 Å². The molecule has 1 amide bonds. The summed E-state index contributed by atoms with van der Waals surface area (Å²) in [5.74, 6) is 1.22. The minimum Gasteiger partial charge on any atom is -0.487 e. The van der Waals surface area contributed by atoms with Gasteiger partial charge >= 0.3 is 6.09 Å². The Bertz CT molecular complexity index is 831. The van der Waals surface area contributed by atoms with Gasteiger partial charge in [0, 0.05) is 11.9 Å². The Morgan fingerprint density at radius 3 is 2.44 bits per heavy atom. The SMILES string of the molecule is Cc1nc(COc2ccc(CC(NC(=O)OC(C)(C)C)C(O)CNCC(C)C)cc2)cs1. The van der Waals surface area contributed by atoms with Gasteiger partial charge in [0.15, 0.2) is 0 Å². The molecule has 1 aromatic carbocycles. The number of rotatable bonds is 11. The van der Waals surface area contributed by atoms with Crippen molar-refractivity contribution < 1.29 is 19.4 Å². The van der Waals surface area contributed by atoms with Crippen LogP contribution in [0.1, 0.15) is 50.9 Å². The number of carbonyl (C=O) groups is 1. The van der Waals surface area contributed by atoms with E-state index in [-0.39, 0.29) is 0 Å². The van der Waals surface area contributed by atoms with E-state index in [1.165, 1.54) is 0 Å². The lowest BCUT2D eigenvalue weighted by molar-refractivity contribution is 0.0422. The molecular formula is C24H37N3O4S. The smallest absolute Gasteiger partial charge is 0.407 e. The number of aliphatic hydroxyl groups is 1. The minimum absolute atomic E-state index is 0.382. The van der Waals surface area contributed by atoms with Crippen molar-refractivity contribution >= 4 is 17.4 Å². The second-order valence-electron chi connectivity index (χ2n) is 9.37. The second kappa shape index (κ2) is 12.2.